The molecule has 1 amide bonds. The number of aromatic nitrogens is 1. The number of ether oxygens (including phenoxy) is 1. The lowest BCUT2D eigenvalue weighted by Crippen LogP contribution is -2.31. The number of carbonyl (C=O) groups excluding carboxylic acids is 1. The molecule has 6 nitrogen and oxygen atoms in total. The lowest BCUT2D eigenvalue weighted by atomic mass is 10.1. The predicted octanol–water partition coefficient (Wildman–Crippen LogP) is 3.66. The summed E-state index contributed by atoms with van der Waals surface area (Å²) in [5.74, 6) is -3.81. The van der Waals surface area contributed by atoms with Crippen molar-refractivity contribution in [2.45, 2.75) is 25.8 Å². The van der Waals surface area contributed by atoms with Crippen LogP contribution in [0.2, 0.25) is 0 Å². The van der Waals surface area contributed by atoms with Gasteiger partial charge < -0.3 is 10.1 Å². The highest BCUT2D eigenvalue weighted by Crippen LogP contribution is 2.30. The number of hydrogen-bond donors (Lipinski definition) is 1. The van der Waals surface area contributed by atoms with E-state index in [1.165, 1.54) is 12.1 Å². The zero-order chi connectivity index (χ0) is 20.9. The van der Waals surface area contributed by atoms with E-state index in [0.717, 1.165) is 17.7 Å². The topological polar surface area (TPSA) is 85.4 Å². The molecule has 1 N–H and O–H groups in total. The number of sulfone groups is 1. The summed E-state index contributed by atoms with van der Waals surface area (Å²) in [6.07, 6.45) is 2.32. The van der Waals surface area contributed by atoms with Crippen LogP contribution in [0.25, 0.3) is 0 Å². The largest absolute Gasteiger partial charge is 0.438 e. The second-order valence-corrected chi connectivity index (χ2v) is 8.20. The van der Waals surface area contributed by atoms with Crippen LogP contribution >= 0.6 is 0 Å². The van der Waals surface area contributed by atoms with Crippen molar-refractivity contribution < 1.29 is 26.7 Å². The number of rotatable bonds is 7. The smallest absolute Gasteiger partial charge is 0.287 e. The first-order chi connectivity index (χ1) is 13.0. The zero-order valence-electron chi connectivity index (χ0n) is 15.5. The van der Waals surface area contributed by atoms with Gasteiger partial charge in [-0.3, -0.25) is 4.79 Å². The average Bonchev–Trinajstić information content (AvgIpc) is 2.59. The van der Waals surface area contributed by atoms with Crippen LogP contribution in [0.1, 0.15) is 29.9 Å². The first kappa shape index (κ1) is 21.5. The molecule has 0 saturated heterocycles. The molecule has 1 aromatic heterocycles. The van der Waals surface area contributed by atoms with Gasteiger partial charge in [0.25, 0.3) is 11.8 Å². The number of hydrogen-bond acceptors (Lipinski definition) is 5. The van der Waals surface area contributed by atoms with E-state index in [1.807, 2.05) is 0 Å². The third-order valence-corrected chi connectivity index (χ3v) is 4.14. The lowest BCUT2D eigenvalue weighted by Gasteiger charge is -2.16. The molecule has 2 rings (SSSR count). The highest BCUT2D eigenvalue weighted by Gasteiger charge is 2.28. The van der Waals surface area contributed by atoms with Crippen LogP contribution in [0.3, 0.4) is 0 Å². The molecule has 0 aliphatic carbocycles. The van der Waals surface area contributed by atoms with Crippen LogP contribution in [0, 0.1) is 0 Å². The summed E-state index contributed by atoms with van der Waals surface area (Å²) in [6.45, 7) is 2.26. The van der Waals surface area contributed by atoms with E-state index in [1.54, 1.807) is 37.3 Å². The fourth-order valence-corrected chi connectivity index (χ4v) is 2.65. The molecule has 0 bridgehead atoms. The quantitative estimate of drug-likeness (QED) is 0.753. The number of alkyl halides is 2. The van der Waals surface area contributed by atoms with Crippen molar-refractivity contribution in [1.29, 1.82) is 0 Å². The van der Waals surface area contributed by atoms with Crippen molar-refractivity contribution in [1.82, 2.24) is 10.3 Å². The maximum absolute atomic E-state index is 13.6. The summed E-state index contributed by atoms with van der Waals surface area (Å²) in [6, 6.07) is 9.93. The van der Waals surface area contributed by atoms with Crippen molar-refractivity contribution in [2.24, 2.45) is 0 Å². The van der Waals surface area contributed by atoms with E-state index in [0.29, 0.717) is 12.7 Å². The molecule has 150 valence electrons. The van der Waals surface area contributed by atoms with Gasteiger partial charge in [-0.1, -0.05) is 24.3 Å². The Bertz CT molecular complexity index is 971. The Morgan fingerprint density at radius 1 is 1.21 bits per heavy atom. The minimum absolute atomic E-state index is 0.0588. The molecule has 0 aliphatic heterocycles. The number of nitrogens with zero attached hydrogens (tertiary/aromatic N) is 1. The second-order valence-electron chi connectivity index (χ2n) is 6.27. The van der Waals surface area contributed by atoms with E-state index < -0.39 is 33.4 Å². The van der Waals surface area contributed by atoms with Gasteiger partial charge in [0, 0.05) is 24.6 Å². The molecule has 28 heavy (non-hydrogen) atoms. The molecule has 0 aliphatic rings. The van der Waals surface area contributed by atoms with Crippen LogP contribution in [0.15, 0.2) is 53.9 Å². The number of benzene rings is 1. The van der Waals surface area contributed by atoms with Crippen LogP contribution < -0.4 is 10.1 Å². The SMILES string of the molecule is C[C@@H](/C=C/S(C)(=O)=O)NC(=O)c1ccc(C(C)(F)F)nc1Oc1ccccc1. The minimum atomic E-state index is -3.34. The van der Waals surface area contributed by atoms with Gasteiger partial charge in [0.1, 0.15) is 17.0 Å². The van der Waals surface area contributed by atoms with Gasteiger partial charge >= 0.3 is 0 Å². The van der Waals surface area contributed by atoms with Gasteiger partial charge in [0.05, 0.1) is 0 Å². The van der Waals surface area contributed by atoms with Crippen molar-refractivity contribution in [3.8, 4) is 11.6 Å². The molecule has 1 aromatic carbocycles. The zero-order valence-corrected chi connectivity index (χ0v) is 16.3. The molecule has 9 heteroatoms. The van der Waals surface area contributed by atoms with Gasteiger partial charge in [0.2, 0.25) is 5.88 Å². The van der Waals surface area contributed by atoms with Gasteiger partial charge in [-0.05, 0) is 31.2 Å². The number of para-hydroxylation sites is 1. The minimum Gasteiger partial charge on any atom is -0.438 e. The Hall–Kier alpha value is -2.81. The fraction of sp³-hybridized carbons (Fsp3) is 0.263. The van der Waals surface area contributed by atoms with Crippen LogP contribution in [0.5, 0.6) is 11.6 Å². The van der Waals surface area contributed by atoms with Crippen LogP contribution in [-0.4, -0.2) is 31.6 Å². The average molecular weight is 410 g/mol. The Kier molecular flexibility index (Phi) is 6.50. The predicted molar refractivity (Wildman–Crippen MR) is 101 cm³/mol. The molecule has 1 atom stereocenters. The second kappa shape index (κ2) is 8.47. The molecule has 0 spiro atoms. The number of nitrogens with one attached hydrogen (secondary N) is 1. The molecule has 0 saturated carbocycles. The fourth-order valence-electron chi connectivity index (χ4n) is 2.13. The van der Waals surface area contributed by atoms with Crippen LogP contribution in [0.4, 0.5) is 8.78 Å². The summed E-state index contributed by atoms with van der Waals surface area (Å²) >= 11 is 0. The number of amides is 1. The monoisotopic (exact) mass is 410 g/mol. The first-order valence-electron chi connectivity index (χ1n) is 8.27. The van der Waals surface area contributed by atoms with Crippen molar-refractivity contribution in [3.63, 3.8) is 0 Å². The normalized spacial score (nSPS) is 13.3. The van der Waals surface area contributed by atoms with Crippen molar-refractivity contribution >= 4 is 15.7 Å². The Balaban J connectivity index is 2.33. The summed E-state index contributed by atoms with van der Waals surface area (Å²) < 4.78 is 55.2. The molecular weight excluding hydrogens is 390 g/mol. The van der Waals surface area contributed by atoms with E-state index in [9.17, 15) is 22.0 Å². The maximum Gasteiger partial charge on any atom is 0.287 e. The molecule has 2 aromatic rings. The van der Waals surface area contributed by atoms with Crippen molar-refractivity contribution in [2.75, 3.05) is 6.26 Å². The van der Waals surface area contributed by atoms with Gasteiger partial charge in [-0.15, -0.1) is 0 Å². The van der Waals surface area contributed by atoms with E-state index in [-0.39, 0.29) is 11.4 Å². The first-order valence-corrected chi connectivity index (χ1v) is 10.2. The molecule has 0 unspecified atom stereocenters. The Labute approximate surface area is 162 Å². The third-order valence-electron chi connectivity index (χ3n) is 3.49. The molecule has 0 fully saturated rings. The summed E-state index contributed by atoms with van der Waals surface area (Å²) in [7, 11) is -3.34. The summed E-state index contributed by atoms with van der Waals surface area (Å²) in [5.41, 5.74) is -0.600. The van der Waals surface area contributed by atoms with Gasteiger partial charge in [-0.25, -0.2) is 13.4 Å². The van der Waals surface area contributed by atoms with E-state index in [4.69, 9.17) is 4.74 Å². The maximum atomic E-state index is 13.6. The standard InChI is InChI=1S/C19H20F2N2O4S/c1-13(11-12-28(3,25)26)22-17(24)15-9-10-16(19(2,20)21)23-18(15)27-14-7-5-4-6-8-14/h4-13H,1-3H3,(H,22,24)/b12-11+/t13-/m0/s1. The molecule has 0 radical (unpaired) electrons. The highest BCUT2D eigenvalue weighted by atomic mass is 32.2. The molecular formula is C19H20F2N2O4S. The van der Waals surface area contributed by atoms with Crippen LogP contribution in [-0.2, 0) is 15.8 Å². The number of halogens is 2. The number of carbonyl (C=O) groups is 1. The van der Waals surface area contributed by atoms with E-state index >= 15 is 0 Å². The summed E-state index contributed by atoms with van der Waals surface area (Å²) in [5, 5.41) is 3.53. The Morgan fingerprint density at radius 3 is 2.43 bits per heavy atom. The molecule has 1 heterocycles. The van der Waals surface area contributed by atoms with Gasteiger partial charge in [0.15, 0.2) is 9.84 Å². The Morgan fingerprint density at radius 2 is 1.86 bits per heavy atom. The third kappa shape index (κ3) is 6.41. The summed E-state index contributed by atoms with van der Waals surface area (Å²) in [4.78, 5) is 16.4. The van der Waals surface area contributed by atoms with E-state index in [2.05, 4.69) is 10.3 Å². The highest BCUT2D eigenvalue weighted by molar-refractivity contribution is 7.93. The number of pyridine rings is 1. The van der Waals surface area contributed by atoms with Gasteiger partial charge in [-0.2, -0.15) is 8.78 Å². The lowest BCUT2D eigenvalue weighted by molar-refractivity contribution is 0.0122. The van der Waals surface area contributed by atoms with Crippen molar-refractivity contribution in [3.05, 3.63) is 65.2 Å².